The van der Waals surface area contributed by atoms with Crippen LogP contribution in [-0.2, 0) is 18.9 Å². The smallest absolute Gasteiger partial charge is 0.251 e. The summed E-state index contributed by atoms with van der Waals surface area (Å²) in [6.07, 6.45) is -1.91. The lowest BCUT2D eigenvalue weighted by molar-refractivity contribution is -0.256. The Labute approximate surface area is 169 Å². The fourth-order valence-corrected chi connectivity index (χ4v) is 3.73. The molecule has 2 aliphatic heterocycles. The lowest BCUT2D eigenvalue weighted by Crippen LogP contribution is -2.66. The van der Waals surface area contributed by atoms with E-state index in [9.17, 15) is 4.79 Å². The van der Waals surface area contributed by atoms with E-state index >= 15 is 0 Å². The predicted molar refractivity (Wildman–Crippen MR) is 107 cm³/mol. The Morgan fingerprint density at radius 2 is 1.72 bits per heavy atom. The number of methoxy groups -OCH3 is 2. The third-order valence-corrected chi connectivity index (χ3v) is 5.17. The molecule has 2 aromatic rings. The van der Waals surface area contributed by atoms with Crippen LogP contribution in [0.2, 0.25) is 0 Å². The molecule has 7 nitrogen and oxygen atoms in total. The number of rotatable bonds is 5. The van der Waals surface area contributed by atoms with Crippen molar-refractivity contribution < 1.29 is 23.7 Å². The molecule has 2 aliphatic rings. The fraction of sp³-hybridized carbons (Fsp3) is 0.364. The van der Waals surface area contributed by atoms with Crippen molar-refractivity contribution in [2.75, 3.05) is 20.8 Å². The van der Waals surface area contributed by atoms with Crippen LogP contribution < -0.4 is 5.32 Å². The number of amides is 1. The molecule has 1 fully saturated rings. The van der Waals surface area contributed by atoms with Gasteiger partial charge in [0, 0.05) is 25.3 Å². The third kappa shape index (κ3) is 4.03. The molecular formula is C22H24N2O5. The van der Waals surface area contributed by atoms with Crippen LogP contribution >= 0.6 is 0 Å². The van der Waals surface area contributed by atoms with E-state index in [1.54, 1.807) is 26.4 Å². The monoisotopic (exact) mass is 396 g/mol. The standard InChI is InChI=1S/C22H24N2O5/c1-26-19-17(24-20(25)14-9-5-3-6-10-14)22(27-2)28-16-13-23-21(29-18(16)19)15-11-7-4-8-12-15/h3-12,16-19,22H,13H2,1-2H3,(H,24,25)/t16-,17+,18+,19-,22-/m1/s1. The minimum atomic E-state index is -0.675. The van der Waals surface area contributed by atoms with Crippen LogP contribution in [0.15, 0.2) is 65.7 Å². The van der Waals surface area contributed by atoms with E-state index in [1.165, 1.54) is 0 Å². The third-order valence-electron chi connectivity index (χ3n) is 5.17. The van der Waals surface area contributed by atoms with Gasteiger partial charge in [-0.3, -0.25) is 4.79 Å². The van der Waals surface area contributed by atoms with Crippen molar-refractivity contribution in [2.45, 2.75) is 30.6 Å². The first-order chi connectivity index (χ1) is 14.2. The molecule has 152 valence electrons. The van der Waals surface area contributed by atoms with Crippen LogP contribution in [0.1, 0.15) is 15.9 Å². The van der Waals surface area contributed by atoms with Crippen LogP contribution in [0.5, 0.6) is 0 Å². The summed E-state index contributed by atoms with van der Waals surface area (Å²) >= 11 is 0. The van der Waals surface area contributed by atoms with Gasteiger partial charge in [0.15, 0.2) is 12.4 Å². The van der Waals surface area contributed by atoms with Gasteiger partial charge in [-0.25, -0.2) is 4.99 Å². The maximum Gasteiger partial charge on any atom is 0.251 e. The molecule has 4 rings (SSSR count). The Kier molecular flexibility index (Phi) is 5.89. The molecule has 0 saturated carbocycles. The maximum atomic E-state index is 12.7. The molecule has 0 aliphatic carbocycles. The van der Waals surface area contributed by atoms with Crippen LogP contribution in [0.3, 0.4) is 0 Å². The maximum absolute atomic E-state index is 12.7. The lowest BCUT2D eigenvalue weighted by atomic mass is 9.94. The van der Waals surface area contributed by atoms with Crippen LogP contribution in [-0.4, -0.2) is 63.2 Å². The average Bonchev–Trinajstić information content (AvgIpc) is 2.79. The second-order valence-electron chi connectivity index (χ2n) is 6.94. The van der Waals surface area contributed by atoms with Crippen LogP contribution in [0, 0.1) is 0 Å². The Morgan fingerprint density at radius 3 is 2.38 bits per heavy atom. The molecule has 0 radical (unpaired) electrons. The largest absolute Gasteiger partial charge is 0.468 e. The Morgan fingerprint density at radius 1 is 1.03 bits per heavy atom. The Balaban J connectivity index is 1.57. The average molecular weight is 396 g/mol. The number of benzene rings is 2. The van der Waals surface area contributed by atoms with E-state index in [2.05, 4.69) is 10.3 Å². The highest BCUT2D eigenvalue weighted by atomic mass is 16.7. The topological polar surface area (TPSA) is 78.4 Å². The summed E-state index contributed by atoms with van der Waals surface area (Å²) in [5.74, 6) is 0.316. The molecule has 0 unspecified atom stereocenters. The molecule has 7 heteroatoms. The highest BCUT2D eigenvalue weighted by Crippen LogP contribution is 2.30. The van der Waals surface area contributed by atoms with E-state index < -0.39 is 24.5 Å². The highest BCUT2D eigenvalue weighted by molar-refractivity contribution is 5.95. The predicted octanol–water partition coefficient (Wildman–Crippen LogP) is 2.02. The van der Waals surface area contributed by atoms with Gasteiger partial charge in [-0.2, -0.15) is 0 Å². The van der Waals surface area contributed by atoms with Gasteiger partial charge >= 0.3 is 0 Å². The van der Waals surface area contributed by atoms with Crippen molar-refractivity contribution in [2.24, 2.45) is 4.99 Å². The number of carbonyl (C=O) groups is 1. The highest BCUT2D eigenvalue weighted by Gasteiger charge is 2.50. The molecule has 29 heavy (non-hydrogen) atoms. The zero-order valence-electron chi connectivity index (χ0n) is 16.4. The zero-order valence-corrected chi connectivity index (χ0v) is 16.4. The number of aliphatic imine (C=N–C) groups is 1. The van der Waals surface area contributed by atoms with Crippen molar-refractivity contribution in [1.82, 2.24) is 5.32 Å². The quantitative estimate of drug-likeness (QED) is 0.837. The van der Waals surface area contributed by atoms with Gasteiger partial charge in [0.1, 0.15) is 18.2 Å². The Hall–Kier alpha value is -2.74. The molecule has 0 spiro atoms. The van der Waals surface area contributed by atoms with E-state index in [-0.39, 0.29) is 12.0 Å². The molecule has 2 heterocycles. The second kappa shape index (κ2) is 8.73. The van der Waals surface area contributed by atoms with Gasteiger partial charge < -0.3 is 24.3 Å². The van der Waals surface area contributed by atoms with Crippen molar-refractivity contribution in [3.05, 3.63) is 71.8 Å². The number of nitrogens with zero attached hydrogens (tertiary/aromatic N) is 1. The van der Waals surface area contributed by atoms with Crippen molar-refractivity contribution in [3.63, 3.8) is 0 Å². The molecule has 1 N–H and O–H groups in total. The first-order valence-electron chi connectivity index (χ1n) is 9.54. The van der Waals surface area contributed by atoms with Crippen molar-refractivity contribution in [1.29, 1.82) is 0 Å². The van der Waals surface area contributed by atoms with Crippen LogP contribution in [0.25, 0.3) is 0 Å². The van der Waals surface area contributed by atoms with Crippen molar-refractivity contribution in [3.8, 4) is 0 Å². The van der Waals surface area contributed by atoms with E-state index in [1.807, 2.05) is 48.5 Å². The number of fused-ring (bicyclic) bond motifs is 1. The molecule has 0 aromatic heterocycles. The number of carbonyl (C=O) groups excluding carboxylic acids is 1. The summed E-state index contributed by atoms with van der Waals surface area (Å²) in [6, 6.07) is 18.1. The first-order valence-corrected chi connectivity index (χ1v) is 9.54. The lowest BCUT2D eigenvalue weighted by Gasteiger charge is -2.46. The number of hydrogen-bond donors (Lipinski definition) is 1. The van der Waals surface area contributed by atoms with E-state index in [0.717, 1.165) is 5.56 Å². The molecular weight excluding hydrogens is 372 g/mol. The first kappa shape index (κ1) is 19.6. The molecule has 2 aromatic carbocycles. The van der Waals surface area contributed by atoms with E-state index in [4.69, 9.17) is 18.9 Å². The van der Waals surface area contributed by atoms with Crippen molar-refractivity contribution >= 4 is 11.8 Å². The van der Waals surface area contributed by atoms with Crippen LogP contribution in [0.4, 0.5) is 0 Å². The zero-order chi connectivity index (χ0) is 20.2. The van der Waals surface area contributed by atoms with Gasteiger partial charge in [-0.1, -0.05) is 36.4 Å². The second-order valence-corrected chi connectivity index (χ2v) is 6.94. The van der Waals surface area contributed by atoms with Gasteiger partial charge in [0.05, 0.1) is 6.54 Å². The molecule has 0 bridgehead atoms. The minimum Gasteiger partial charge on any atom is -0.468 e. The number of ether oxygens (including phenoxy) is 4. The van der Waals surface area contributed by atoms with Gasteiger partial charge in [-0.05, 0) is 24.3 Å². The van der Waals surface area contributed by atoms with Gasteiger partial charge in [0.25, 0.3) is 5.91 Å². The number of hydrogen-bond acceptors (Lipinski definition) is 6. The van der Waals surface area contributed by atoms with Gasteiger partial charge in [-0.15, -0.1) is 0 Å². The SMILES string of the molecule is CO[C@@H]1O[C@@H]2CN=C(c3ccccc3)O[C@@H]2[C@H](OC)[C@@H]1NC(=O)c1ccccc1. The summed E-state index contributed by atoms with van der Waals surface area (Å²) in [7, 11) is 3.14. The summed E-state index contributed by atoms with van der Waals surface area (Å²) < 4.78 is 23.5. The van der Waals surface area contributed by atoms with E-state index in [0.29, 0.717) is 18.0 Å². The number of nitrogens with one attached hydrogen (secondary N) is 1. The Bertz CT molecular complexity index is 858. The summed E-state index contributed by atoms with van der Waals surface area (Å²) in [5, 5.41) is 2.99. The minimum absolute atomic E-state index is 0.227. The molecule has 1 amide bonds. The molecule has 5 atom stereocenters. The van der Waals surface area contributed by atoms with Gasteiger partial charge in [0.2, 0.25) is 5.90 Å². The summed E-state index contributed by atoms with van der Waals surface area (Å²) in [5.41, 5.74) is 1.44. The fourth-order valence-electron chi connectivity index (χ4n) is 3.73. The summed E-state index contributed by atoms with van der Waals surface area (Å²) in [6.45, 7) is 0.425. The summed E-state index contributed by atoms with van der Waals surface area (Å²) in [4.78, 5) is 17.3. The molecule has 1 saturated heterocycles. The normalized spacial score (nSPS) is 28.6.